The van der Waals surface area contributed by atoms with Gasteiger partial charge in [0.25, 0.3) is 0 Å². The molecule has 0 aliphatic heterocycles. The minimum absolute atomic E-state index is 0.363. The summed E-state index contributed by atoms with van der Waals surface area (Å²) < 4.78 is 8.15. The van der Waals surface area contributed by atoms with Gasteiger partial charge in [-0.3, -0.25) is 0 Å². The monoisotopic (exact) mass is 385 g/mol. The fourth-order valence-corrected chi connectivity index (χ4v) is 4.13. The number of para-hydroxylation sites is 1. The Morgan fingerprint density at radius 2 is 2.04 bits per heavy atom. The molecule has 1 aliphatic rings. The smallest absolute Gasteiger partial charge is 0.137 e. The lowest BCUT2D eigenvalue weighted by Crippen LogP contribution is -2.41. The van der Waals surface area contributed by atoms with Crippen molar-refractivity contribution < 1.29 is 4.74 Å². The van der Waals surface area contributed by atoms with Crippen molar-refractivity contribution in [3.63, 3.8) is 0 Å². The van der Waals surface area contributed by atoms with Gasteiger partial charge in [-0.1, -0.05) is 39.0 Å². The summed E-state index contributed by atoms with van der Waals surface area (Å²) in [4.78, 5) is 6.53. The molecule has 3 atom stereocenters. The molecule has 6 heteroatoms. The van der Waals surface area contributed by atoms with Gasteiger partial charge in [0.05, 0.1) is 6.04 Å². The average Bonchev–Trinajstić information content (AvgIpc) is 3.26. The summed E-state index contributed by atoms with van der Waals surface area (Å²) in [5.41, 5.74) is 1.22. The quantitative estimate of drug-likeness (QED) is 0.678. The van der Waals surface area contributed by atoms with Gasteiger partial charge in [-0.25, -0.2) is 9.67 Å². The van der Waals surface area contributed by atoms with E-state index in [2.05, 4.69) is 65.3 Å². The van der Waals surface area contributed by atoms with E-state index in [-0.39, 0.29) is 0 Å². The zero-order valence-electron chi connectivity index (χ0n) is 17.6. The molecule has 1 aliphatic carbocycles. The number of hydrogen-bond donors (Lipinski definition) is 1. The molecule has 1 heterocycles. The molecule has 154 valence electrons. The first-order valence-electron chi connectivity index (χ1n) is 10.7. The van der Waals surface area contributed by atoms with E-state index in [0.29, 0.717) is 12.1 Å². The molecule has 1 saturated carbocycles. The topological polar surface area (TPSA) is 55.2 Å². The Morgan fingerprint density at radius 1 is 1.21 bits per heavy atom. The third-order valence-electron chi connectivity index (χ3n) is 5.94. The molecule has 6 nitrogen and oxygen atoms in total. The normalized spacial score (nSPS) is 22.5. The highest BCUT2D eigenvalue weighted by molar-refractivity contribution is 5.33. The zero-order chi connectivity index (χ0) is 19.8. The molecule has 3 rings (SSSR count). The Labute approximate surface area is 169 Å². The molecule has 1 aromatic heterocycles. The summed E-state index contributed by atoms with van der Waals surface area (Å²) in [5, 5.41) is 8.19. The summed E-state index contributed by atoms with van der Waals surface area (Å²) >= 11 is 0. The van der Waals surface area contributed by atoms with Gasteiger partial charge in [-0.15, -0.1) is 0 Å². The van der Waals surface area contributed by atoms with Crippen LogP contribution in [0.15, 0.2) is 36.9 Å². The summed E-state index contributed by atoms with van der Waals surface area (Å²) in [5.74, 6) is 1.71. The first-order chi connectivity index (χ1) is 13.7. The lowest BCUT2D eigenvalue weighted by molar-refractivity contribution is 0.199. The predicted octanol–water partition coefficient (Wildman–Crippen LogP) is 3.52. The zero-order valence-corrected chi connectivity index (χ0v) is 17.6. The van der Waals surface area contributed by atoms with E-state index in [9.17, 15) is 0 Å². The second kappa shape index (κ2) is 10.6. The predicted molar refractivity (Wildman–Crippen MR) is 112 cm³/mol. The molecule has 0 spiro atoms. The molecule has 0 amide bonds. The minimum Gasteiger partial charge on any atom is -0.492 e. The van der Waals surface area contributed by atoms with E-state index in [1.807, 2.05) is 11.0 Å². The second-order valence-corrected chi connectivity index (χ2v) is 7.83. The molecule has 1 fully saturated rings. The number of aromatic nitrogens is 3. The fraction of sp³-hybridized carbons (Fsp3) is 0.636. The van der Waals surface area contributed by atoms with Crippen molar-refractivity contribution >= 4 is 0 Å². The number of benzene rings is 1. The Hall–Kier alpha value is -1.92. The minimum atomic E-state index is 0.363. The van der Waals surface area contributed by atoms with Gasteiger partial charge < -0.3 is 15.0 Å². The van der Waals surface area contributed by atoms with Crippen LogP contribution in [0.5, 0.6) is 5.75 Å². The maximum absolute atomic E-state index is 6.12. The van der Waals surface area contributed by atoms with E-state index >= 15 is 0 Å². The van der Waals surface area contributed by atoms with Crippen molar-refractivity contribution in [2.45, 2.75) is 58.7 Å². The Balaban J connectivity index is 1.59. The van der Waals surface area contributed by atoms with Crippen molar-refractivity contribution in [3.05, 3.63) is 42.5 Å². The van der Waals surface area contributed by atoms with Crippen LogP contribution in [0.2, 0.25) is 0 Å². The molecule has 0 unspecified atom stereocenters. The van der Waals surface area contributed by atoms with Crippen LogP contribution in [0, 0.1) is 5.92 Å². The summed E-state index contributed by atoms with van der Waals surface area (Å²) in [6, 6.07) is 9.15. The van der Waals surface area contributed by atoms with Crippen LogP contribution >= 0.6 is 0 Å². The highest BCUT2D eigenvalue weighted by Crippen LogP contribution is 2.32. The molecular weight excluding hydrogens is 350 g/mol. The molecular formula is C22H35N5O. The van der Waals surface area contributed by atoms with Crippen LogP contribution in [0.4, 0.5) is 0 Å². The SMILES string of the molecule is CCN(CC)CCOc1ccccc1CN[C@@H]1CC[C@@H](C)C[C@@H]1n1cncn1. The highest BCUT2D eigenvalue weighted by atomic mass is 16.5. The molecule has 28 heavy (non-hydrogen) atoms. The molecule has 1 N–H and O–H groups in total. The maximum atomic E-state index is 6.12. The molecule has 0 saturated heterocycles. The maximum Gasteiger partial charge on any atom is 0.137 e. The fourth-order valence-electron chi connectivity index (χ4n) is 4.13. The van der Waals surface area contributed by atoms with Crippen molar-refractivity contribution in [1.29, 1.82) is 0 Å². The van der Waals surface area contributed by atoms with Crippen molar-refractivity contribution in [2.75, 3.05) is 26.2 Å². The van der Waals surface area contributed by atoms with Gasteiger partial charge >= 0.3 is 0 Å². The average molecular weight is 386 g/mol. The number of ether oxygens (including phenoxy) is 1. The molecule has 2 aromatic rings. The number of likely N-dealkylation sites (N-methyl/N-ethyl adjacent to an activating group) is 1. The van der Waals surface area contributed by atoms with Crippen molar-refractivity contribution in [3.8, 4) is 5.75 Å². The van der Waals surface area contributed by atoms with Crippen LogP contribution < -0.4 is 10.1 Å². The standard InChI is InChI=1S/C22H35N5O/c1-4-26(5-2)12-13-28-22-9-7-6-8-19(22)15-24-20-11-10-18(3)14-21(20)27-17-23-16-25-27/h6-9,16-18,20-21,24H,4-5,10-15H2,1-3H3/t18-,20-,21+/m1/s1. The molecule has 1 aromatic carbocycles. The van der Waals surface area contributed by atoms with E-state index in [0.717, 1.165) is 57.3 Å². The first kappa shape index (κ1) is 20.8. The van der Waals surface area contributed by atoms with Gasteiger partial charge in [0, 0.05) is 24.7 Å². The Morgan fingerprint density at radius 3 is 2.79 bits per heavy atom. The number of nitrogens with zero attached hydrogens (tertiary/aromatic N) is 4. The molecule has 0 bridgehead atoms. The van der Waals surface area contributed by atoms with E-state index < -0.39 is 0 Å². The van der Waals surface area contributed by atoms with Gasteiger partial charge in [0.1, 0.15) is 25.0 Å². The van der Waals surface area contributed by atoms with Crippen LogP contribution in [0.3, 0.4) is 0 Å². The van der Waals surface area contributed by atoms with E-state index in [4.69, 9.17) is 4.74 Å². The lowest BCUT2D eigenvalue weighted by Gasteiger charge is -2.35. The lowest BCUT2D eigenvalue weighted by atomic mass is 9.83. The first-order valence-corrected chi connectivity index (χ1v) is 10.7. The van der Waals surface area contributed by atoms with E-state index in [1.165, 1.54) is 12.0 Å². The van der Waals surface area contributed by atoms with Gasteiger partial charge in [-0.2, -0.15) is 5.10 Å². The van der Waals surface area contributed by atoms with Crippen LogP contribution in [-0.4, -0.2) is 51.9 Å². The number of hydrogen-bond acceptors (Lipinski definition) is 5. The number of nitrogens with one attached hydrogen (secondary N) is 1. The highest BCUT2D eigenvalue weighted by Gasteiger charge is 2.30. The van der Waals surface area contributed by atoms with Crippen molar-refractivity contribution in [2.24, 2.45) is 5.92 Å². The van der Waals surface area contributed by atoms with Gasteiger partial charge in [-0.05, 0) is 44.3 Å². The molecule has 0 radical (unpaired) electrons. The Bertz CT molecular complexity index is 686. The Kier molecular flexibility index (Phi) is 7.86. The largest absolute Gasteiger partial charge is 0.492 e. The summed E-state index contributed by atoms with van der Waals surface area (Å²) in [6.07, 6.45) is 7.04. The van der Waals surface area contributed by atoms with Crippen LogP contribution in [0.1, 0.15) is 51.6 Å². The van der Waals surface area contributed by atoms with E-state index in [1.54, 1.807) is 6.33 Å². The van der Waals surface area contributed by atoms with Crippen molar-refractivity contribution in [1.82, 2.24) is 25.0 Å². The summed E-state index contributed by atoms with van der Waals surface area (Å²) in [6.45, 7) is 11.3. The van der Waals surface area contributed by atoms with Crippen LogP contribution in [0.25, 0.3) is 0 Å². The summed E-state index contributed by atoms with van der Waals surface area (Å²) in [7, 11) is 0. The van der Waals surface area contributed by atoms with Crippen LogP contribution in [-0.2, 0) is 6.54 Å². The number of rotatable bonds is 10. The van der Waals surface area contributed by atoms with Gasteiger partial charge in [0.2, 0.25) is 0 Å². The third-order valence-corrected chi connectivity index (χ3v) is 5.94. The third kappa shape index (κ3) is 5.55. The second-order valence-electron chi connectivity index (χ2n) is 7.83. The van der Waals surface area contributed by atoms with Gasteiger partial charge in [0.15, 0.2) is 0 Å².